The molecule has 5 aliphatic carbocycles. The first-order chi connectivity index (χ1) is 13.1. The van der Waals surface area contributed by atoms with Gasteiger partial charge in [-0.3, -0.25) is 9.59 Å². The SMILES string of the molecule is O=C(CCC(=O)OCC1CCCCC1)OCCC12CC3CC(CC(C3)C1)C2. The highest BCUT2D eigenvalue weighted by Gasteiger charge is 2.50. The second-order valence-corrected chi connectivity index (χ2v) is 10.1. The Hall–Kier alpha value is -1.06. The van der Waals surface area contributed by atoms with Crippen molar-refractivity contribution in [1.82, 2.24) is 0 Å². The average molecular weight is 377 g/mol. The minimum absolute atomic E-state index is 0.156. The first-order valence-corrected chi connectivity index (χ1v) is 11.4. The Morgan fingerprint density at radius 1 is 0.778 bits per heavy atom. The molecule has 0 saturated heterocycles. The van der Waals surface area contributed by atoms with Gasteiger partial charge < -0.3 is 9.47 Å². The van der Waals surface area contributed by atoms with Gasteiger partial charge in [-0.25, -0.2) is 0 Å². The Balaban J connectivity index is 1.10. The minimum Gasteiger partial charge on any atom is -0.466 e. The van der Waals surface area contributed by atoms with E-state index in [1.807, 2.05) is 0 Å². The van der Waals surface area contributed by atoms with Gasteiger partial charge in [-0.15, -0.1) is 0 Å². The van der Waals surface area contributed by atoms with Crippen molar-refractivity contribution in [3.63, 3.8) is 0 Å². The molecule has 0 amide bonds. The molecule has 0 aromatic heterocycles. The van der Waals surface area contributed by atoms with Gasteiger partial charge in [-0.1, -0.05) is 19.3 Å². The van der Waals surface area contributed by atoms with Crippen LogP contribution in [-0.2, 0) is 19.1 Å². The quantitative estimate of drug-likeness (QED) is 0.557. The summed E-state index contributed by atoms with van der Waals surface area (Å²) < 4.78 is 10.8. The maximum absolute atomic E-state index is 12.0. The Kier molecular flexibility index (Phi) is 6.08. The van der Waals surface area contributed by atoms with Gasteiger partial charge in [0, 0.05) is 0 Å². The van der Waals surface area contributed by atoms with Crippen molar-refractivity contribution in [2.45, 2.75) is 89.9 Å². The van der Waals surface area contributed by atoms with E-state index in [9.17, 15) is 9.59 Å². The zero-order chi connectivity index (χ0) is 18.7. The average Bonchev–Trinajstić information content (AvgIpc) is 2.64. The molecule has 27 heavy (non-hydrogen) atoms. The van der Waals surface area contributed by atoms with Crippen molar-refractivity contribution in [3.8, 4) is 0 Å². The van der Waals surface area contributed by atoms with Gasteiger partial charge in [0.1, 0.15) is 0 Å². The number of hydrogen-bond donors (Lipinski definition) is 0. The Bertz CT molecular complexity index is 499. The summed E-state index contributed by atoms with van der Waals surface area (Å²) in [4.78, 5) is 23.9. The van der Waals surface area contributed by atoms with E-state index in [2.05, 4.69) is 0 Å². The van der Waals surface area contributed by atoms with Crippen LogP contribution in [0, 0.1) is 29.1 Å². The number of carbonyl (C=O) groups is 2. The Labute approximate surface area is 163 Å². The molecule has 0 aliphatic heterocycles. The number of hydrogen-bond acceptors (Lipinski definition) is 4. The highest BCUT2D eigenvalue weighted by atomic mass is 16.5. The monoisotopic (exact) mass is 376 g/mol. The summed E-state index contributed by atoms with van der Waals surface area (Å²) in [5.74, 6) is 2.84. The van der Waals surface area contributed by atoms with Crippen LogP contribution in [-0.4, -0.2) is 25.2 Å². The molecule has 0 N–H and O–H groups in total. The topological polar surface area (TPSA) is 52.6 Å². The van der Waals surface area contributed by atoms with E-state index in [1.165, 1.54) is 70.6 Å². The van der Waals surface area contributed by atoms with Gasteiger partial charge in [0.2, 0.25) is 0 Å². The van der Waals surface area contributed by atoms with Gasteiger partial charge in [0.05, 0.1) is 26.1 Å². The van der Waals surface area contributed by atoms with E-state index >= 15 is 0 Å². The first-order valence-electron chi connectivity index (χ1n) is 11.4. The van der Waals surface area contributed by atoms with Crippen LogP contribution in [0.2, 0.25) is 0 Å². The van der Waals surface area contributed by atoms with Crippen molar-refractivity contribution < 1.29 is 19.1 Å². The van der Waals surface area contributed by atoms with Crippen molar-refractivity contribution in [2.75, 3.05) is 13.2 Å². The van der Waals surface area contributed by atoms with Crippen molar-refractivity contribution in [2.24, 2.45) is 29.1 Å². The number of ether oxygens (including phenoxy) is 2. The highest BCUT2D eigenvalue weighted by molar-refractivity contribution is 5.77. The lowest BCUT2D eigenvalue weighted by Gasteiger charge is -2.57. The molecule has 4 bridgehead atoms. The summed E-state index contributed by atoms with van der Waals surface area (Å²) in [7, 11) is 0. The fourth-order valence-electron chi connectivity index (χ4n) is 6.89. The molecule has 4 nitrogen and oxygen atoms in total. The third-order valence-corrected chi connectivity index (χ3v) is 7.80. The molecule has 5 saturated carbocycles. The van der Waals surface area contributed by atoms with Crippen LogP contribution in [0.4, 0.5) is 0 Å². The third kappa shape index (κ3) is 5.06. The molecule has 5 rings (SSSR count). The molecule has 0 aromatic rings. The van der Waals surface area contributed by atoms with Gasteiger partial charge >= 0.3 is 11.9 Å². The molecule has 0 spiro atoms. The summed E-state index contributed by atoms with van der Waals surface area (Å²) in [6, 6.07) is 0. The molecule has 0 unspecified atom stereocenters. The fourth-order valence-corrected chi connectivity index (χ4v) is 6.89. The van der Waals surface area contributed by atoms with Crippen LogP contribution >= 0.6 is 0 Å². The lowest BCUT2D eigenvalue weighted by Crippen LogP contribution is -2.46. The van der Waals surface area contributed by atoms with Gasteiger partial charge in [-0.05, 0) is 86.9 Å². The van der Waals surface area contributed by atoms with E-state index in [0.717, 1.165) is 24.2 Å². The summed E-state index contributed by atoms with van der Waals surface area (Å²) in [6.45, 7) is 1.06. The Morgan fingerprint density at radius 2 is 1.33 bits per heavy atom. The number of carbonyl (C=O) groups excluding carboxylic acids is 2. The molecular weight excluding hydrogens is 340 g/mol. The molecule has 0 heterocycles. The molecule has 152 valence electrons. The van der Waals surface area contributed by atoms with Gasteiger partial charge in [-0.2, -0.15) is 0 Å². The maximum Gasteiger partial charge on any atom is 0.306 e. The van der Waals surface area contributed by atoms with Crippen LogP contribution in [0.25, 0.3) is 0 Å². The molecule has 0 aromatic carbocycles. The lowest BCUT2D eigenvalue weighted by atomic mass is 9.49. The summed E-state index contributed by atoms with van der Waals surface area (Å²) in [5.41, 5.74) is 0.452. The highest BCUT2D eigenvalue weighted by Crippen LogP contribution is 2.61. The van der Waals surface area contributed by atoms with Crippen molar-refractivity contribution in [3.05, 3.63) is 0 Å². The van der Waals surface area contributed by atoms with Crippen molar-refractivity contribution in [1.29, 1.82) is 0 Å². The third-order valence-electron chi connectivity index (χ3n) is 7.80. The molecular formula is C23H36O4. The van der Waals surface area contributed by atoms with E-state index in [0.29, 0.717) is 24.5 Å². The standard InChI is InChI=1S/C23H36O4/c24-21(6-7-22(25)27-16-17-4-2-1-3-5-17)26-9-8-23-13-18-10-19(14-23)12-20(11-18)15-23/h17-20H,1-16H2. The maximum atomic E-state index is 12.0. The normalized spacial score (nSPS) is 35.2. The summed E-state index contributed by atoms with van der Waals surface area (Å²) in [6.07, 6.45) is 15.9. The largest absolute Gasteiger partial charge is 0.466 e. The predicted octanol–water partition coefficient (Wildman–Crippen LogP) is 5.04. The van der Waals surface area contributed by atoms with Gasteiger partial charge in [0.15, 0.2) is 0 Å². The first kappa shape index (κ1) is 19.3. The van der Waals surface area contributed by atoms with E-state index < -0.39 is 0 Å². The van der Waals surface area contributed by atoms with Crippen LogP contribution in [0.3, 0.4) is 0 Å². The van der Waals surface area contributed by atoms with Crippen LogP contribution in [0.1, 0.15) is 89.9 Å². The van der Waals surface area contributed by atoms with Crippen LogP contribution < -0.4 is 0 Å². The van der Waals surface area contributed by atoms with Crippen molar-refractivity contribution >= 4 is 11.9 Å². The zero-order valence-electron chi connectivity index (χ0n) is 16.8. The molecule has 5 fully saturated rings. The predicted molar refractivity (Wildman–Crippen MR) is 103 cm³/mol. The van der Waals surface area contributed by atoms with E-state index in [1.54, 1.807) is 0 Å². The molecule has 0 atom stereocenters. The van der Waals surface area contributed by atoms with E-state index in [-0.39, 0.29) is 24.8 Å². The molecule has 0 radical (unpaired) electrons. The van der Waals surface area contributed by atoms with Gasteiger partial charge in [0.25, 0.3) is 0 Å². The number of esters is 2. The zero-order valence-corrected chi connectivity index (χ0v) is 16.8. The van der Waals surface area contributed by atoms with Crippen LogP contribution in [0.5, 0.6) is 0 Å². The van der Waals surface area contributed by atoms with Crippen LogP contribution in [0.15, 0.2) is 0 Å². The fraction of sp³-hybridized carbons (Fsp3) is 0.913. The second kappa shape index (κ2) is 8.53. The smallest absolute Gasteiger partial charge is 0.306 e. The number of rotatable bonds is 8. The summed E-state index contributed by atoms with van der Waals surface area (Å²) >= 11 is 0. The molecule has 4 heteroatoms. The van der Waals surface area contributed by atoms with E-state index in [4.69, 9.17) is 9.47 Å². The Morgan fingerprint density at radius 3 is 1.93 bits per heavy atom. The second-order valence-electron chi connectivity index (χ2n) is 10.1. The minimum atomic E-state index is -0.251. The molecule has 5 aliphatic rings. The lowest BCUT2D eigenvalue weighted by molar-refractivity contribution is -0.152. The summed E-state index contributed by atoms with van der Waals surface area (Å²) in [5, 5.41) is 0.